The fraction of sp³-hybridized carbons (Fsp3) is 0.280. The number of ether oxygens (including phenoxy) is 2. The number of carbonyl (C=O) groups excluding carboxylic acids is 1. The molecule has 0 spiro atoms. The maximum atomic E-state index is 12.2. The number of fused-ring (bicyclic) bond motifs is 1. The number of carbonyl (C=O) groups is 2. The molecule has 7 nitrogen and oxygen atoms in total. The summed E-state index contributed by atoms with van der Waals surface area (Å²) in [4.78, 5) is 27.8. The lowest BCUT2D eigenvalue weighted by molar-refractivity contribution is -0.124. The van der Waals surface area contributed by atoms with Crippen molar-refractivity contribution in [2.24, 2.45) is 0 Å². The van der Waals surface area contributed by atoms with Crippen molar-refractivity contribution in [1.29, 1.82) is 0 Å². The van der Waals surface area contributed by atoms with E-state index < -0.39 is 12.0 Å². The van der Waals surface area contributed by atoms with Gasteiger partial charge in [-0.3, -0.25) is 4.79 Å². The van der Waals surface area contributed by atoms with E-state index in [1.807, 2.05) is 30.3 Å². The van der Waals surface area contributed by atoms with Gasteiger partial charge in [-0.2, -0.15) is 0 Å². The molecule has 2 heterocycles. The molecule has 0 aliphatic carbocycles. The highest BCUT2D eigenvalue weighted by Gasteiger charge is 2.25. The van der Waals surface area contributed by atoms with Crippen LogP contribution >= 0.6 is 0 Å². The van der Waals surface area contributed by atoms with E-state index in [4.69, 9.17) is 14.6 Å². The number of nitrogens with zero attached hydrogens (tertiary/aromatic N) is 1. The minimum atomic E-state index is -1.21. The van der Waals surface area contributed by atoms with Crippen LogP contribution in [0.2, 0.25) is 0 Å². The first-order chi connectivity index (χ1) is 15.3. The lowest BCUT2D eigenvalue weighted by Crippen LogP contribution is -2.37. The van der Waals surface area contributed by atoms with Crippen LogP contribution in [0.1, 0.15) is 37.3 Å². The highest BCUT2D eigenvalue weighted by atomic mass is 16.5. The van der Waals surface area contributed by atoms with E-state index >= 15 is 0 Å². The molecule has 1 aliphatic heterocycles. The second kappa shape index (κ2) is 8.42. The number of rotatable bonds is 5. The highest BCUT2D eigenvalue weighted by Crippen LogP contribution is 2.40. The second-order valence-electron chi connectivity index (χ2n) is 8.09. The van der Waals surface area contributed by atoms with Crippen molar-refractivity contribution in [3.05, 3.63) is 53.6 Å². The Hall–Kier alpha value is -3.74. The van der Waals surface area contributed by atoms with E-state index in [1.165, 1.54) is 11.6 Å². The molecule has 166 valence electrons. The maximum Gasteiger partial charge on any atom is 0.414 e. The number of benzene rings is 2. The first kappa shape index (κ1) is 21.5. The van der Waals surface area contributed by atoms with Gasteiger partial charge in [0.2, 0.25) is 0 Å². The zero-order chi connectivity index (χ0) is 23.0. The Labute approximate surface area is 186 Å². The SMILES string of the molecule is COc1ccc(-c2[nH]c3ccc(C4=CC(=O)N(C(=O)O)CC4)cc3c2C(C)C)cc1OC. The van der Waals surface area contributed by atoms with Crippen LogP contribution < -0.4 is 9.47 Å². The van der Waals surface area contributed by atoms with Crippen LogP contribution in [0.3, 0.4) is 0 Å². The molecule has 3 aromatic rings. The number of aromatic nitrogens is 1. The van der Waals surface area contributed by atoms with Crippen LogP contribution in [0.15, 0.2) is 42.5 Å². The van der Waals surface area contributed by atoms with Gasteiger partial charge in [-0.15, -0.1) is 0 Å². The fourth-order valence-corrected chi connectivity index (χ4v) is 4.29. The number of hydrogen-bond acceptors (Lipinski definition) is 4. The van der Waals surface area contributed by atoms with Gasteiger partial charge < -0.3 is 19.6 Å². The van der Waals surface area contributed by atoms with E-state index in [0.717, 1.165) is 38.2 Å². The summed E-state index contributed by atoms with van der Waals surface area (Å²) >= 11 is 0. The van der Waals surface area contributed by atoms with Crippen molar-refractivity contribution in [2.45, 2.75) is 26.2 Å². The first-order valence-electron chi connectivity index (χ1n) is 10.5. The van der Waals surface area contributed by atoms with Crippen LogP contribution in [0.4, 0.5) is 4.79 Å². The van der Waals surface area contributed by atoms with Gasteiger partial charge in [-0.05, 0) is 59.4 Å². The third-order valence-electron chi connectivity index (χ3n) is 5.86. The van der Waals surface area contributed by atoms with E-state index in [9.17, 15) is 9.59 Å². The Morgan fingerprint density at radius 1 is 1.06 bits per heavy atom. The number of H-pyrrole nitrogens is 1. The Morgan fingerprint density at radius 3 is 2.41 bits per heavy atom. The number of aromatic amines is 1. The second-order valence-corrected chi connectivity index (χ2v) is 8.09. The topological polar surface area (TPSA) is 91.9 Å². The standard InChI is InChI=1S/C25H26N2O5/c1-14(2)23-18-11-15(16-9-10-27(25(29)30)22(28)13-16)5-7-19(18)26-24(23)17-6-8-20(31-3)21(12-17)32-4/h5-8,11-14,26H,9-10H2,1-4H3,(H,29,30). The number of methoxy groups -OCH3 is 2. The molecule has 1 aromatic heterocycles. The molecular weight excluding hydrogens is 408 g/mol. The average Bonchev–Trinajstić information content (AvgIpc) is 3.17. The van der Waals surface area contributed by atoms with Crippen LogP contribution in [0.5, 0.6) is 11.5 Å². The monoisotopic (exact) mass is 434 g/mol. The van der Waals surface area contributed by atoms with E-state index in [2.05, 4.69) is 24.9 Å². The Bertz CT molecular complexity index is 1240. The third-order valence-corrected chi connectivity index (χ3v) is 5.86. The smallest absolute Gasteiger partial charge is 0.414 e. The quantitative estimate of drug-likeness (QED) is 0.571. The number of nitrogens with one attached hydrogen (secondary N) is 1. The molecule has 7 heteroatoms. The molecule has 2 N–H and O–H groups in total. The van der Waals surface area contributed by atoms with Gasteiger partial charge in [-0.25, -0.2) is 9.69 Å². The summed E-state index contributed by atoms with van der Waals surface area (Å²) in [5.41, 5.74) is 5.95. The normalized spacial score (nSPS) is 14.1. The van der Waals surface area contributed by atoms with Gasteiger partial charge in [0.25, 0.3) is 5.91 Å². The molecule has 0 unspecified atom stereocenters. The van der Waals surface area contributed by atoms with Gasteiger partial charge in [0.1, 0.15) is 0 Å². The lowest BCUT2D eigenvalue weighted by Gasteiger charge is -2.22. The fourth-order valence-electron chi connectivity index (χ4n) is 4.29. The molecule has 0 saturated carbocycles. The molecule has 0 atom stereocenters. The predicted octanol–water partition coefficient (Wildman–Crippen LogP) is 5.27. The summed E-state index contributed by atoms with van der Waals surface area (Å²) in [5, 5.41) is 10.2. The number of carboxylic acid groups (broad SMARTS) is 1. The Balaban J connectivity index is 1.82. The van der Waals surface area contributed by atoms with Gasteiger partial charge in [0.05, 0.1) is 19.9 Å². The third kappa shape index (κ3) is 3.70. The number of amides is 2. The largest absolute Gasteiger partial charge is 0.493 e. The van der Waals surface area contributed by atoms with Crippen LogP contribution in [-0.2, 0) is 4.79 Å². The van der Waals surface area contributed by atoms with Crippen molar-refractivity contribution in [3.63, 3.8) is 0 Å². The Kier molecular flexibility index (Phi) is 5.65. The van der Waals surface area contributed by atoms with Gasteiger partial charge >= 0.3 is 6.09 Å². The minimum absolute atomic E-state index is 0.166. The van der Waals surface area contributed by atoms with Crippen molar-refractivity contribution in [3.8, 4) is 22.8 Å². The minimum Gasteiger partial charge on any atom is -0.493 e. The molecule has 2 aromatic carbocycles. The van der Waals surface area contributed by atoms with Crippen molar-refractivity contribution < 1.29 is 24.2 Å². The van der Waals surface area contributed by atoms with Crippen LogP contribution in [0, 0.1) is 0 Å². The maximum absolute atomic E-state index is 12.2. The molecule has 2 amide bonds. The van der Waals surface area contributed by atoms with Crippen LogP contribution in [-0.4, -0.2) is 47.8 Å². The molecule has 0 radical (unpaired) electrons. The molecule has 0 saturated heterocycles. The summed E-state index contributed by atoms with van der Waals surface area (Å²) in [7, 11) is 3.23. The number of hydrogen-bond donors (Lipinski definition) is 2. The molecule has 32 heavy (non-hydrogen) atoms. The summed E-state index contributed by atoms with van der Waals surface area (Å²) in [5.74, 6) is 1.08. The highest BCUT2D eigenvalue weighted by molar-refractivity contribution is 6.04. The van der Waals surface area contributed by atoms with Crippen molar-refractivity contribution in [2.75, 3.05) is 20.8 Å². The van der Waals surface area contributed by atoms with Crippen molar-refractivity contribution >= 4 is 28.5 Å². The van der Waals surface area contributed by atoms with Gasteiger partial charge in [0.15, 0.2) is 11.5 Å². The Morgan fingerprint density at radius 2 is 1.78 bits per heavy atom. The van der Waals surface area contributed by atoms with Crippen LogP contribution in [0.25, 0.3) is 27.7 Å². The first-order valence-corrected chi connectivity index (χ1v) is 10.5. The van der Waals surface area contributed by atoms with Gasteiger partial charge in [0, 0.05) is 29.1 Å². The molecule has 4 rings (SSSR count). The van der Waals surface area contributed by atoms with Crippen molar-refractivity contribution in [1.82, 2.24) is 9.88 Å². The summed E-state index contributed by atoms with van der Waals surface area (Å²) in [6.45, 7) is 4.46. The molecular formula is C25H26N2O5. The van der Waals surface area contributed by atoms with E-state index in [0.29, 0.717) is 17.9 Å². The zero-order valence-corrected chi connectivity index (χ0v) is 18.6. The van der Waals surface area contributed by atoms with Gasteiger partial charge in [-0.1, -0.05) is 19.9 Å². The molecule has 0 bridgehead atoms. The molecule has 1 aliphatic rings. The summed E-state index contributed by atoms with van der Waals surface area (Å²) in [6, 6.07) is 11.9. The zero-order valence-electron chi connectivity index (χ0n) is 18.6. The molecule has 0 fully saturated rings. The summed E-state index contributed by atoms with van der Waals surface area (Å²) < 4.78 is 10.9. The summed E-state index contributed by atoms with van der Waals surface area (Å²) in [6.07, 6.45) is 0.705. The van der Waals surface area contributed by atoms with E-state index in [1.54, 1.807) is 14.2 Å². The predicted molar refractivity (Wildman–Crippen MR) is 123 cm³/mol. The van der Waals surface area contributed by atoms with E-state index in [-0.39, 0.29) is 12.5 Å². The lowest BCUT2D eigenvalue weighted by atomic mass is 9.93. The average molecular weight is 434 g/mol. The number of imide groups is 1.